The van der Waals surface area contributed by atoms with E-state index in [0.717, 1.165) is 6.54 Å². The fourth-order valence-electron chi connectivity index (χ4n) is 2.69. The molecule has 0 aliphatic heterocycles. The Labute approximate surface area is 152 Å². The smallest absolute Gasteiger partial charge is 0.230 e. The molecule has 21 heavy (non-hydrogen) atoms. The van der Waals surface area contributed by atoms with E-state index in [9.17, 15) is 4.79 Å². The van der Waals surface area contributed by atoms with Crippen LogP contribution < -0.4 is 4.68 Å². The summed E-state index contributed by atoms with van der Waals surface area (Å²) in [4.78, 5) is 12.3. The van der Waals surface area contributed by atoms with Crippen molar-refractivity contribution in [3.63, 3.8) is 0 Å². The Kier molecular flexibility index (Phi) is 6.95. The van der Waals surface area contributed by atoms with E-state index in [4.69, 9.17) is 0 Å². The van der Waals surface area contributed by atoms with Crippen LogP contribution in [0.2, 0.25) is 0 Å². The van der Waals surface area contributed by atoms with Crippen LogP contribution in [0.25, 0.3) is 0 Å². The van der Waals surface area contributed by atoms with Crippen molar-refractivity contribution in [2.75, 3.05) is 0 Å². The molecule has 1 radical (unpaired) electrons. The number of hydrogen-bond acceptors (Lipinski definition) is 1. The van der Waals surface area contributed by atoms with Crippen molar-refractivity contribution in [1.29, 1.82) is 0 Å². The van der Waals surface area contributed by atoms with Crippen molar-refractivity contribution < 1.29 is 42.2 Å². The molecule has 1 aromatic carbocycles. The van der Waals surface area contributed by atoms with Crippen molar-refractivity contribution in [3.8, 4) is 0 Å². The van der Waals surface area contributed by atoms with Gasteiger partial charge in [-0.2, -0.15) is 4.68 Å². The van der Waals surface area contributed by atoms with E-state index in [2.05, 4.69) is 50.6 Å². The van der Waals surface area contributed by atoms with Crippen molar-refractivity contribution in [1.82, 2.24) is 4.68 Å². The number of benzene rings is 1. The van der Waals surface area contributed by atoms with E-state index < -0.39 is 0 Å². The molecule has 2 aromatic rings. The molecule has 0 atom stereocenters. The number of Topliss-reactive ketones (excluding diaryl/α,β-unsaturated/α-hetero) is 1. The number of carbonyl (C=O) groups is 1. The second kappa shape index (κ2) is 8.00. The molecule has 0 unspecified atom stereocenters. The first kappa shape index (κ1) is 18.3. The fraction of sp³-hybridized carbons (Fsp3) is 0.412. The predicted octanol–water partition coefficient (Wildman–Crippen LogP) is 2.53. The van der Waals surface area contributed by atoms with E-state index in [1.807, 2.05) is 16.9 Å². The van der Waals surface area contributed by atoms with Crippen LogP contribution in [0.1, 0.15) is 29.3 Å². The van der Waals surface area contributed by atoms with Gasteiger partial charge in [-0.3, -0.25) is 4.79 Å². The number of hydrogen-bond donors (Lipinski definition) is 0. The first-order valence-electron chi connectivity index (χ1n) is 7.15. The summed E-state index contributed by atoms with van der Waals surface area (Å²) >= 11 is 0. The van der Waals surface area contributed by atoms with E-state index in [-0.39, 0.29) is 38.5 Å². The Hall–Kier alpha value is -0.796. The Bertz CT molecular complexity index is 611. The van der Waals surface area contributed by atoms with Crippen LogP contribution >= 0.6 is 0 Å². The third-order valence-electron chi connectivity index (χ3n) is 3.86. The molecule has 0 spiro atoms. The van der Waals surface area contributed by atoms with Crippen LogP contribution in [-0.4, -0.2) is 10.5 Å². The first-order chi connectivity index (χ1) is 9.52. The van der Waals surface area contributed by atoms with Crippen molar-refractivity contribution in [2.24, 2.45) is 0 Å². The maximum absolute atomic E-state index is 12.3. The first-order valence-corrected chi connectivity index (χ1v) is 7.15. The van der Waals surface area contributed by atoms with Gasteiger partial charge in [0, 0.05) is 45.2 Å². The minimum absolute atomic E-state index is 0. The minimum Gasteiger partial charge on any atom is -0.292 e. The topological polar surface area (TPSA) is 25.9 Å². The van der Waals surface area contributed by atoms with E-state index in [1.165, 1.54) is 22.4 Å². The maximum Gasteiger partial charge on any atom is 0.230 e. The van der Waals surface area contributed by atoms with Crippen LogP contribution in [0.15, 0.2) is 30.5 Å². The van der Waals surface area contributed by atoms with Gasteiger partial charge in [0.1, 0.15) is 0 Å². The van der Waals surface area contributed by atoms with Gasteiger partial charge in [-0.1, -0.05) is 18.2 Å². The molecule has 3 nitrogen and oxygen atoms in total. The number of nitrogens with zero attached hydrogens (tertiary/aromatic N) is 2. The molecular formula is C17H23N2OY+. The Morgan fingerprint density at radius 3 is 2.33 bits per heavy atom. The fourth-order valence-corrected chi connectivity index (χ4v) is 2.69. The van der Waals surface area contributed by atoms with Gasteiger partial charge >= 0.3 is 0 Å². The summed E-state index contributed by atoms with van der Waals surface area (Å²) in [5, 5.41) is 0. The zero-order valence-corrected chi connectivity index (χ0v) is 16.2. The molecule has 0 saturated heterocycles. The van der Waals surface area contributed by atoms with Crippen molar-refractivity contribution >= 4 is 5.78 Å². The maximum atomic E-state index is 12.3. The Morgan fingerprint density at radius 2 is 1.76 bits per heavy atom. The number of rotatable bonds is 5. The summed E-state index contributed by atoms with van der Waals surface area (Å²) in [6.07, 6.45) is 2.50. The van der Waals surface area contributed by atoms with Gasteiger partial charge in [-0.05, 0) is 44.4 Å². The second-order valence-electron chi connectivity index (χ2n) is 5.36. The van der Waals surface area contributed by atoms with Crippen LogP contribution in [0, 0.1) is 20.8 Å². The summed E-state index contributed by atoms with van der Waals surface area (Å²) in [6.45, 7) is 9.63. The van der Waals surface area contributed by atoms with E-state index >= 15 is 0 Å². The molecule has 1 aromatic heterocycles. The number of carbonyl (C=O) groups excluding carboxylic acids is 1. The van der Waals surface area contributed by atoms with Gasteiger partial charge < -0.3 is 0 Å². The summed E-state index contributed by atoms with van der Waals surface area (Å²) in [6, 6.07) is 8.23. The van der Waals surface area contributed by atoms with Crippen LogP contribution in [0.3, 0.4) is 0 Å². The molecule has 0 fully saturated rings. The van der Waals surface area contributed by atoms with Gasteiger partial charge in [0.25, 0.3) is 0 Å². The Morgan fingerprint density at radius 1 is 1.14 bits per heavy atom. The summed E-state index contributed by atoms with van der Waals surface area (Å²) in [5.74, 6) is 0.250. The van der Waals surface area contributed by atoms with Gasteiger partial charge in [-0.15, -0.1) is 4.68 Å². The summed E-state index contributed by atoms with van der Waals surface area (Å²) < 4.78 is 4.13. The largest absolute Gasteiger partial charge is 0.292 e. The van der Waals surface area contributed by atoms with Crippen molar-refractivity contribution in [3.05, 3.63) is 52.8 Å². The summed E-state index contributed by atoms with van der Waals surface area (Å²) in [5.41, 5.74) is 4.76. The molecule has 2 rings (SSSR count). The predicted molar refractivity (Wildman–Crippen MR) is 79.7 cm³/mol. The molecule has 0 bridgehead atoms. The average molecular weight is 360 g/mol. The SMILES string of the molecule is CCn1c(C)cc[n+]1CC(=O)Cc1c(C)cccc1C.[Y]. The standard InChI is InChI=1S/C17H23N2O.Y/c1-5-19-15(4)9-10-18(19)12-16(20)11-17-13(2)7-6-8-14(17)3;/h6-10H,5,11-12H2,1-4H3;/q+1;. The molecule has 0 amide bonds. The summed E-state index contributed by atoms with van der Waals surface area (Å²) in [7, 11) is 0. The number of aromatic nitrogens is 2. The molecule has 0 aliphatic carbocycles. The average Bonchev–Trinajstić information content (AvgIpc) is 2.74. The monoisotopic (exact) mass is 360 g/mol. The Balaban J connectivity index is 0.00000220. The third-order valence-corrected chi connectivity index (χ3v) is 3.86. The van der Waals surface area contributed by atoms with Crippen LogP contribution in [-0.2, 0) is 57.0 Å². The van der Waals surface area contributed by atoms with Gasteiger partial charge in [0.2, 0.25) is 12.3 Å². The van der Waals surface area contributed by atoms with E-state index in [1.54, 1.807) is 0 Å². The number of aryl methyl sites for hydroxylation is 3. The molecule has 0 aliphatic rings. The minimum atomic E-state index is 0. The van der Waals surface area contributed by atoms with E-state index in [0.29, 0.717) is 13.0 Å². The quantitative estimate of drug-likeness (QED) is 0.753. The van der Waals surface area contributed by atoms with Gasteiger partial charge in [-0.25, -0.2) is 0 Å². The second-order valence-corrected chi connectivity index (χ2v) is 5.36. The molecule has 0 saturated carbocycles. The third kappa shape index (κ3) is 4.34. The molecular weight excluding hydrogens is 337 g/mol. The molecule has 109 valence electrons. The van der Waals surface area contributed by atoms with Gasteiger partial charge in [0.15, 0.2) is 6.20 Å². The zero-order chi connectivity index (χ0) is 14.7. The van der Waals surface area contributed by atoms with Crippen molar-refractivity contribution in [2.45, 2.75) is 47.2 Å². The molecule has 4 heteroatoms. The van der Waals surface area contributed by atoms with Crippen LogP contribution in [0.4, 0.5) is 0 Å². The number of ketones is 1. The molecule has 0 N–H and O–H groups in total. The normalized spacial score (nSPS) is 10.3. The zero-order valence-electron chi connectivity index (χ0n) is 13.4. The van der Waals surface area contributed by atoms with Gasteiger partial charge in [0.05, 0.1) is 12.2 Å². The van der Waals surface area contributed by atoms with Crippen LogP contribution in [0.5, 0.6) is 0 Å². The molecule has 1 heterocycles.